The monoisotopic (exact) mass is 694 g/mol. The average Bonchev–Trinajstić information content (AvgIpc) is 3.28. The van der Waals surface area contributed by atoms with E-state index in [0.717, 1.165) is 12.1 Å². The average molecular weight is 694 g/mol. The summed E-state index contributed by atoms with van der Waals surface area (Å²) < 4.78 is 11.9. The number of hydrogen-bond donors (Lipinski definition) is 0. The Labute approximate surface area is 256 Å². The number of nitro benzene ring substituents is 2. The van der Waals surface area contributed by atoms with Crippen LogP contribution in [-0.2, 0) is 4.79 Å². The zero-order valence-electron chi connectivity index (χ0n) is 21.7. The van der Waals surface area contributed by atoms with Crippen LogP contribution in [0.1, 0.15) is 5.56 Å². The minimum Gasteiger partial charge on any atom is -0.493 e. The summed E-state index contributed by atoms with van der Waals surface area (Å²) in [4.78, 5) is 41.5. The van der Waals surface area contributed by atoms with E-state index >= 15 is 0 Å². The highest BCUT2D eigenvalue weighted by Crippen LogP contribution is 2.43. The van der Waals surface area contributed by atoms with Gasteiger partial charge in [-0.05, 0) is 88.5 Å². The third kappa shape index (κ3) is 6.11. The van der Waals surface area contributed by atoms with Crippen LogP contribution in [0.5, 0.6) is 17.2 Å². The Hall–Kier alpha value is -4.76. The molecule has 1 amide bonds. The molecule has 0 aromatic heterocycles. The standard InChI is InChI=1S/C29H19IN4O7S/c1-40-25-15-18(14-22(30)27(25)41-24-13-12-21(33(36)37)17-23(24)34(38)39)16-26-28(35)32(20-10-6-3-7-11-20)29(42-26)31-19-8-4-2-5-9-19/h2-17H,1H3/b26-16-,31-29?. The van der Waals surface area contributed by atoms with Crippen molar-refractivity contribution in [2.45, 2.75) is 0 Å². The molecule has 0 saturated carbocycles. The second-order valence-corrected chi connectivity index (χ2v) is 10.8. The van der Waals surface area contributed by atoms with E-state index in [1.807, 2.05) is 83.3 Å². The smallest absolute Gasteiger partial charge is 0.318 e. The van der Waals surface area contributed by atoms with Gasteiger partial charge >= 0.3 is 5.69 Å². The molecule has 0 atom stereocenters. The highest BCUT2D eigenvalue weighted by molar-refractivity contribution is 14.1. The Morgan fingerprint density at radius 1 is 0.905 bits per heavy atom. The number of benzene rings is 4. The van der Waals surface area contributed by atoms with Crippen molar-refractivity contribution >= 4 is 74.3 Å². The molecule has 0 unspecified atom stereocenters. The maximum atomic E-state index is 13.6. The highest BCUT2D eigenvalue weighted by Gasteiger charge is 2.35. The molecule has 11 nitrogen and oxygen atoms in total. The number of amides is 1. The summed E-state index contributed by atoms with van der Waals surface area (Å²) in [6.07, 6.45) is 1.71. The Morgan fingerprint density at radius 3 is 2.24 bits per heavy atom. The van der Waals surface area contributed by atoms with E-state index in [-0.39, 0.29) is 23.2 Å². The topological polar surface area (TPSA) is 137 Å². The molecule has 1 heterocycles. The Balaban J connectivity index is 1.51. The summed E-state index contributed by atoms with van der Waals surface area (Å²) in [5, 5.41) is 23.2. The van der Waals surface area contributed by atoms with Gasteiger partial charge in [0.05, 0.1) is 42.9 Å². The molecule has 1 aliphatic rings. The maximum Gasteiger partial charge on any atom is 0.318 e. The van der Waals surface area contributed by atoms with E-state index in [1.165, 1.54) is 24.9 Å². The number of nitrogens with zero attached hydrogens (tertiary/aromatic N) is 4. The zero-order chi connectivity index (χ0) is 29.8. The molecule has 4 aromatic carbocycles. The SMILES string of the molecule is COc1cc(/C=C2\SC(=Nc3ccccc3)N(c3ccccc3)C2=O)cc(I)c1Oc1ccc([N+](=O)[O-])cc1[N+](=O)[O-]. The van der Waals surface area contributed by atoms with Crippen LogP contribution in [-0.4, -0.2) is 28.0 Å². The van der Waals surface area contributed by atoms with E-state index in [1.54, 1.807) is 23.1 Å². The molecule has 0 bridgehead atoms. The van der Waals surface area contributed by atoms with Gasteiger partial charge in [-0.1, -0.05) is 36.4 Å². The first-order valence-electron chi connectivity index (χ1n) is 12.2. The second-order valence-electron chi connectivity index (χ2n) is 8.62. The predicted octanol–water partition coefficient (Wildman–Crippen LogP) is 7.72. The molecule has 1 fully saturated rings. The summed E-state index contributed by atoms with van der Waals surface area (Å²) in [5.41, 5.74) is 0.997. The fourth-order valence-corrected chi connectivity index (χ4v) is 5.73. The zero-order valence-corrected chi connectivity index (χ0v) is 24.6. The number of anilines is 1. The second kappa shape index (κ2) is 12.4. The van der Waals surface area contributed by atoms with Crippen molar-refractivity contribution in [3.05, 3.63) is 125 Å². The van der Waals surface area contributed by atoms with E-state index < -0.39 is 21.2 Å². The number of halogens is 1. The number of non-ortho nitro benzene ring substituents is 1. The van der Waals surface area contributed by atoms with Crippen LogP contribution >= 0.6 is 34.4 Å². The highest BCUT2D eigenvalue weighted by atomic mass is 127. The molecule has 5 rings (SSSR count). The molecule has 42 heavy (non-hydrogen) atoms. The van der Waals surface area contributed by atoms with Crippen LogP contribution in [0.4, 0.5) is 22.7 Å². The maximum absolute atomic E-state index is 13.6. The molecule has 0 N–H and O–H groups in total. The van der Waals surface area contributed by atoms with Gasteiger partial charge in [0.2, 0.25) is 5.75 Å². The quantitative estimate of drug-likeness (QED) is 0.0792. The van der Waals surface area contributed by atoms with Gasteiger partial charge in [0.25, 0.3) is 11.6 Å². The first kappa shape index (κ1) is 28.8. The van der Waals surface area contributed by atoms with Crippen LogP contribution in [0.25, 0.3) is 6.08 Å². The minimum absolute atomic E-state index is 0.180. The fraction of sp³-hybridized carbons (Fsp3) is 0.0345. The summed E-state index contributed by atoms with van der Waals surface area (Å²) in [6.45, 7) is 0. The number of carbonyl (C=O) groups excluding carboxylic acids is 1. The minimum atomic E-state index is -0.754. The molecule has 13 heteroatoms. The van der Waals surface area contributed by atoms with E-state index in [4.69, 9.17) is 14.5 Å². The third-order valence-corrected chi connectivity index (χ3v) is 7.68. The predicted molar refractivity (Wildman–Crippen MR) is 169 cm³/mol. The van der Waals surface area contributed by atoms with Gasteiger partial charge in [-0.25, -0.2) is 4.99 Å². The van der Waals surface area contributed by atoms with Crippen molar-refractivity contribution in [2.24, 2.45) is 4.99 Å². The van der Waals surface area contributed by atoms with Gasteiger partial charge < -0.3 is 9.47 Å². The lowest BCUT2D eigenvalue weighted by atomic mass is 10.1. The van der Waals surface area contributed by atoms with Gasteiger partial charge in [0.15, 0.2) is 16.7 Å². The van der Waals surface area contributed by atoms with Crippen LogP contribution in [0.15, 0.2) is 101 Å². The number of ether oxygens (including phenoxy) is 2. The summed E-state index contributed by atoms with van der Waals surface area (Å²) >= 11 is 3.22. The first-order valence-corrected chi connectivity index (χ1v) is 14.1. The molecule has 4 aromatic rings. The Bertz CT molecular complexity index is 1770. The van der Waals surface area contributed by atoms with Gasteiger partial charge in [0, 0.05) is 6.07 Å². The number of amidine groups is 1. The number of thioether (sulfide) groups is 1. The Morgan fingerprint density at radius 2 is 1.60 bits per heavy atom. The van der Waals surface area contributed by atoms with Gasteiger partial charge in [-0.3, -0.25) is 29.9 Å². The lowest BCUT2D eigenvalue weighted by Crippen LogP contribution is -2.28. The number of hydrogen-bond acceptors (Lipinski definition) is 9. The molecule has 0 spiro atoms. The van der Waals surface area contributed by atoms with Crippen molar-refractivity contribution in [1.29, 1.82) is 0 Å². The van der Waals surface area contributed by atoms with Crippen molar-refractivity contribution in [3.63, 3.8) is 0 Å². The van der Waals surface area contributed by atoms with Crippen LogP contribution < -0.4 is 14.4 Å². The van der Waals surface area contributed by atoms with Crippen molar-refractivity contribution < 1.29 is 24.1 Å². The van der Waals surface area contributed by atoms with Crippen molar-refractivity contribution in [3.8, 4) is 17.2 Å². The van der Waals surface area contributed by atoms with E-state index in [9.17, 15) is 25.0 Å². The lowest BCUT2D eigenvalue weighted by Gasteiger charge is -2.15. The molecular weight excluding hydrogens is 675 g/mol. The number of rotatable bonds is 8. The van der Waals surface area contributed by atoms with Gasteiger partial charge in [-0.15, -0.1) is 0 Å². The number of aliphatic imine (C=N–C) groups is 1. The Kier molecular flexibility index (Phi) is 8.49. The number of para-hydroxylation sites is 2. The van der Waals surface area contributed by atoms with Crippen LogP contribution in [0.3, 0.4) is 0 Å². The largest absolute Gasteiger partial charge is 0.493 e. The summed E-state index contributed by atoms with van der Waals surface area (Å²) in [5.74, 6) is -0.0128. The number of methoxy groups -OCH3 is 1. The van der Waals surface area contributed by atoms with Crippen LogP contribution in [0.2, 0.25) is 0 Å². The van der Waals surface area contributed by atoms with Crippen molar-refractivity contribution in [1.82, 2.24) is 0 Å². The molecular formula is C29H19IN4O7S. The molecule has 1 saturated heterocycles. The number of carbonyl (C=O) groups is 1. The first-order chi connectivity index (χ1) is 20.2. The summed E-state index contributed by atoms with van der Waals surface area (Å²) in [7, 11) is 1.41. The lowest BCUT2D eigenvalue weighted by molar-refractivity contribution is -0.394. The third-order valence-electron chi connectivity index (χ3n) is 5.91. The molecule has 210 valence electrons. The molecule has 1 aliphatic heterocycles. The normalized spacial score (nSPS) is 14.8. The van der Waals surface area contributed by atoms with Gasteiger partial charge in [-0.2, -0.15) is 0 Å². The summed E-state index contributed by atoms with van der Waals surface area (Å²) in [6, 6.07) is 25.0. The van der Waals surface area contributed by atoms with Crippen LogP contribution in [0, 0.1) is 23.8 Å². The molecule has 0 radical (unpaired) electrons. The van der Waals surface area contributed by atoms with E-state index in [2.05, 4.69) is 0 Å². The fourth-order valence-electron chi connectivity index (χ4n) is 4.00. The molecule has 0 aliphatic carbocycles. The van der Waals surface area contributed by atoms with Crippen molar-refractivity contribution in [2.75, 3.05) is 12.0 Å². The van der Waals surface area contributed by atoms with E-state index in [0.29, 0.717) is 30.6 Å². The number of nitro groups is 2. The van der Waals surface area contributed by atoms with Gasteiger partial charge in [0.1, 0.15) is 0 Å².